The molecule has 2 heterocycles. The van der Waals surface area contributed by atoms with E-state index in [4.69, 9.17) is 21.7 Å². The fraction of sp³-hybridized carbons (Fsp3) is 0.316. The Hall–Kier alpha value is -2.38. The molecular weight excluding hydrogens is 353 g/mol. The second kappa shape index (κ2) is 7.47. The van der Waals surface area contributed by atoms with Crippen molar-refractivity contribution in [1.29, 1.82) is 0 Å². The van der Waals surface area contributed by atoms with E-state index in [2.05, 4.69) is 15.1 Å². The number of nitrogens with one attached hydrogen (secondary N) is 1. The van der Waals surface area contributed by atoms with Crippen molar-refractivity contribution in [3.63, 3.8) is 0 Å². The summed E-state index contributed by atoms with van der Waals surface area (Å²) < 4.78 is 23.7. The molecule has 2 aromatic carbocycles. The maximum absolute atomic E-state index is 13.0. The highest BCUT2D eigenvalue weighted by molar-refractivity contribution is 7.80. The highest BCUT2D eigenvalue weighted by Crippen LogP contribution is 2.34. The molecule has 136 valence electrons. The smallest absolute Gasteiger partial charge is 0.231 e. The summed E-state index contributed by atoms with van der Waals surface area (Å²) in [5.74, 6) is 1.30. The molecule has 2 aliphatic heterocycles. The molecule has 0 aromatic heterocycles. The van der Waals surface area contributed by atoms with Crippen molar-refractivity contribution in [3.8, 4) is 11.5 Å². The van der Waals surface area contributed by atoms with E-state index in [9.17, 15) is 4.39 Å². The number of halogens is 1. The number of hydrogen-bond acceptors (Lipinski definition) is 4. The first kappa shape index (κ1) is 17.1. The number of anilines is 1. The van der Waals surface area contributed by atoms with E-state index in [1.165, 1.54) is 12.1 Å². The van der Waals surface area contributed by atoms with Crippen LogP contribution in [0.2, 0.25) is 0 Å². The zero-order valence-electron chi connectivity index (χ0n) is 14.3. The van der Waals surface area contributed by atoms with Crippen molar-refractivity contribution in [2.24, 2.45) is 0 Å². The van der Waals surface area contributed by atoms with Gasteiger partial charge in [-0.2, -0.15) is 0 Å². The van der Waals surface area contributed by atoms with Crippen LogP contribution in [0.15, 0.2) is 42.5 Å². The highest BCUT2D eigenvalue weighted by atomic mass is 32.1. The van der Waals surface area contributed by atoms with Gasteiger partial charge in [0.15, 0.2) is 16.6 Å². The second-order valence-electron chi connectivity index (χ2n) is 6.39. The van der Waals surface area contributed by atoms with Gasteiger partial charge < -0.3 is 19.7 Å². The molecule has 26 heavy (non-hydrogen) atoms. The summed E-state index contributed by atoms with van der Waals surface area (Å²) >= 11 is 5.55. The van der Waals surface area contributed by atoms with Gasteiger partial charge in [0.1, 0.15) is 5.82 Å². The molecule has 0 unspecified atom stereocenters. The maximum atomic E-state index is 13.0. The summed E-state index contributed by atoms with van der Waals surface area (Å²) in [6.07, 6.45) is 0. The normalized spacial score (nSPS) is 16.6. The van der Waals surface area contributed by atoms with Crippen molar-refractivity contribution in [3.05, 3.63) is 53.8 Å². The third-order valence-electron chi connectivity index (χ3n) is 4.60. The summed E-state index contributed by atoms with van der Waals surface area (Å²) in [4.78, 5) is 4.52. The summed E-state index contributed by atoms with van der Waals surface area (Å²) in [6.45, 7) is 4.64. The lowest BCUT2D eigenvalue weighted by Gasteiger charge is -2.36. The third kappa shape index (κ3) is 3.89. The molecule has 0 atom stereocenters. The van der Waals surface area contributed by atoms with Gasteiger partial charge in [0.25, 0.3) is 0 Å². The first-order chi connectivity index (χ1) is 12.7. The van der Waals surface area contributed by atoms with Crippen molar-refractivity contribution >= 4 is 23.0 Å². The molecule has 5 nitrogen and oxygen atoms in total. The summed E-state index contributed by atoms with van der Waals surface area (Å²) in [7, 11) is 0. The number of piperazine rings is 1. The lowest BCUT2D eigenvalue weighted by molar-refractivity contribution is 0.174. The number of rotatable bonds is 3. The number of fused-ring (bicyclic) bond motifs is 1. The number of ether oxygens (including phenoxy) is 2. The van der Waals surface area contributed by atoms with Gasteiger partial charge in [-0.25, -0.2) is 4.39 Å². The molecule has 1 saturated heterocycles. The van der Waals surface area contributed by atoms with E-state index < -0.39 is 0 Å². The van der Waals surface area contributed by atoms with Crippen LogP contribution in [0.4, 0.5) is 10.1 Å². The summed E-state index contributed by atoms with van der Waals surface area (Å²) in [5, 5.41) is 3.99. The van der Waals surface area contributed by atoms with E-state index in [1.54, 1.807) is 0 Å². The molecule has 7 heteroatoms. The molecular formula is C19H20FN3O2S. The molecule has 0 bridgehead atoms. The van der Waals surface area contributed by atoms with Crippen LogP contribution in [-0.4, -0.2) is 47.9 Å². The summed E-state index contributed by atoms with van der Waals surface area (Å²) in [5.41, 5.74) is 2.02. The molecule has 0 aliphatic carbocycles. The summed E-state index contributed by atoms with van der Waals surface area (Å²) in [6, 6.07) is 12.4. The molecule has 0 amide bonds. The molecule has 2 aromatic rings. The van der Waals surface area contributed by atoms with E-state index in [0.717, 1.165) is 55.5 Å². The van der Waals surface area contributed by atoms with Crippen molar-refractivity contribution in [2.75, 3.05) is 38.3 Å². The van der Waals surface area contributed by atoms with E-state index in [-0.39, 0.29) is 12.6 Å². The molecule has 0 spiro atoms. The third-order valence-corrected chi connectivity index (χ3v) is 4.96. The van der Waals surface area contributed by atoms with Crippen LogP contribution < -0.4 is 14.8 Å². The maximum Gasteiger partial charge on any atom is 0.231 e. The predicted molar refractivity (Wildman–Crippen MR) is 102 cm³/mol. The van der Waals surface area contributed by atoms with Gasteiger partial charge in [-0.3, -0.25) is 4.90 Å². The molecule has 1 fully saturated rings. The highest BCUT2D eigenvalue weighted by Gasteiger charge is 2.20. The van der Waals surface area contributed by atoms with Gasteiger partial charge >= 0.3 is 0 Å². The van der Waals surface area contributed by atoms with Crippen molar-refractivity contribution in [2.45, 2.75) is 6.54 Å². The first-order valence-electron chi connectivity index (χ1n) is 8.60. The van der Waals surface area contributed by atoms with Crippen molar-refractivity contribution in [1.82, 2.24) is 9.80 Å². The largest absolute Gasteiger partial charge is 0.454 e. The van der Waals surface area contributed by atoms with Crippen LogP contribution >= 0.6 is 12.2 Å². The van der Waals surface area contributed by atoms with Gasteiger partial charge in [0.2, 0.25) is 6.79 Å². The Balaban J connectivity index is 1.28. The number of benzene rings is 2. The number of nitrogens with zero attached hydrogens (tertiary/aromatic N) is 2. The lowest BCUT2D eigenvalue weighted by Crippen LogP contribution is -2.49. The molecule has 0 saturated carbocycles. The average Bonchev–Trinajstić information content (AvgIpc) is 3.12. The Labute approximate surface area is 157 Å². The minimum absolute atomic E-state index is 0.196. The first-order valence-corrected chi connectivity index (χ1v) is 9.00. The van der Waals surface area contributed by atoms with Gasteiger partial charge in [0, 0.05) is 44.5 Å². The van der Waals surface area contributed by atoms with E-state index in [1.807, 2.05) is 30.3 Å². The SMILES string of the molecule is Fc1ccc(CN2CCN(C(=S)Nc3ccc4c(c3)OCO4)CC2)cc1. The predicted octanol–water partition coefficient (Wildman–Crippen LogP) is 3.07. The standard InChI is InChI=1S/C19H20FN3O2S/c20-15-3-1-14(2-4-15)12-22-7-9-23(10-8-22)19(26)21-16-5-6-17-18(11-16)25-13-24-17/h1-6,11H,7-10,12-13H2,(H,21,26). The minimum atomic E-state index is -0.196. The average molecular weight is 373 g/mol. The Morgan fingerprint density at radius 3 is 2.50 bits per heavy atom. The quantitative estimate of drug-likeness (QED) is 0.834. The minimum Gasteiger partial charge on any atom is -0.454 e. The Morgan fingerprint density at radius 2 is 1.73 bits per heavy atom. The fourth-order valence-corrected chi connectivity index (χ4v) is 3.43. The monoisotopic (exact) mass is 373 g/mol. The Morgan fingerprint density at radius 1 is 1.00 bits per heavy atom. The number of thiocarbonyl (C=S) groups is 1. The molecule has 2 aliphatic rings. The topological polar surface area (TPSA) is 37.0 Å². The zero-order valence-corrected chi connectivity index (χ0v) is 15.1. The zero-order chi connectivity index (χ0) is 17.9. The van der Waals surface area contributed by atoms with Crippen LogP contribution in [0.3, 0.4) is 0 Å². The molecule has 4 rings (SSSR count). The second-order valence-corrected chi connectivity index (χ2v) is 6.77. The van der Waals surface area contributed by atoms with Gasteiger partial charge in [0.05, 0.1) is 0 Å². The van der Waals surface area contributed by atoms with Gasteiger partial charge in [-0.05, 0) is 42.0 Å². The molecule has 1 N–H and O–H groups in total. The van der Waals surface area contributed by atoms with Crippen LogP contribution in [0, 0.1) is 5.82 Å². The van der Waals surface area contributed by atoms with Gasteiger partial charge in [-0.15, -0.1) is 0 Å². The van der Waals surface area contributed by atoms with E-state index >= 15 is 0 Å². The Bertz CT molecular complexity index is 792. The fourth-order valence-electron chi connectivity index (χ4n) is 3.13. The number of hydrogen-bond donors (Lipinski definition) is 1. The van der Waals surface area contributed by atoms with Crippen molar-refractivity contribution < 1.29 is 13.9 Å². The van der Waals surface area contributed by atoms with Crippen LogP contribution in [0.25, 0.3) is 0 Å². The van der Waals surface area contributed by atoms with Gasteiger partial charge in [-0.1, -0.05) is 12.1 Å². The van der Waals surface area contributed by atoms with E-state index in [0.29, 0.717) is 5.11 Å². The lowest BCUT2D eigenvalue weighted by atomic mass is 10.2. The molecule has 0 radical (unpaired) electrons. The van der Waals surface area contributed by atoms with Crippen LogP contribution in [-0.2, 0) is 6.54 Å². The Kier molecular flexibility index (Phi) is 4.90. The van der Waals surface area contributed by atoms with Crippen LogP contribution in [0.5, 0.6) is 11.5 Å². The van der Waals surface area contributed by atoms with Crippen LogP contribution in [0.1, 0.15) is 5.56 Å².